The van der Waals surface area contributed by atoms with Gasteiger partial charge in [0.2, 0.25) is 5.91 Å². The van der Waals surface area contributed by atoms with Crippen molar-refractivity contribution in [2.75, 3.05) is 17.3 Å². The number of aliphatic carboxylic acids is 1. The van der Waals surface area contributed by atoms with Crippen LogP contribution in [0.2, 0.25) is 0 Å². The fraction of sp³-hybridized carbons (Fsp3) is 0.156. The number of carboxylic acid groups (broad SMARTS) is 1. The Balaban J connectivity index is 0.000000671. The number of aromatic amines is 1. The van der Waals surface area contributed by atoms with Gasteiger partial charge in [-0.2, -0.15) is 39.5 Å². The van der Waals surface area contributed by atoms with E-state index >= 15 is 0 Å². The van der Waals surface area contributed by atoms with E-state index in [2.05, 4.69) is 15.3 Å². The van der Waals surface area contributed by atoms with E-state index in [-0.39, 0.29) is 29.3 Å². The van der Waals surface area contributed by atoms with Crippen LogP contribution in [0.25, 0.3) is 22.0 Å². The molecule has 5 rings (SSSR count). The molecule has 0 spiro atoms. The SMILES string of the molecule is CN(c1cccnc1)c1ccc(NC(=O)Cc2c[nH]c3ccccc23)cc1-c1cc(C(F)(F)F)cc(C(F)(F)F)c1.O=C(O)C(F)(F)F. The number of para-hydroxylation sites is 1. The predicted molar refractivity (Wildman–Crippen MR) is 159 cm³/mol. The summed E-state index contributed by atoms with van der Waals surface area (Å²) in [6, 6.07) is 16.6. The Bertz CT molecular complexity index is 1890. The van der Waals surface area contributed by atoms with Crippen molar-refractivity contribution in [3.05, 3.63) is 108 Å². The highest BCUT2D eigenvalue weighted by Crippen LogP contribution is 2.42. The van der Waals surface area contributed by atoms with Crippen molar-refractivity contribution in [2.24, 2.45) is 0 Å². The number of carbonyl (C=O) groups is 2. The van der Waals surface area contributed by atoms with Gasteiger partial charge in [-0.3, -0.25) is 9.78 Å². The molecule has 3 N–H and O–H groups in total. The van der Waals surface area contributed by atoms with Crippen LogP contribution in [0, 0.1) is 0 Å². The number of carboxylic acids is 1. The highest BCUT2D eigenvalue weighted by molar-refractivity contribution is 5.97. The number of hydrogen-bond donors (Lipinski definition) is 3. The van der Waals surface area contributed by atoms with Gasteiger partial charge in [-0.05, 0) is 65.7 Å². The maximum atomic E-state index is 13.7. The van der Waals surface area contributed by atoms with Crippen LogP contribution in [0.5, 0.6) is 0 Å². The Morgan fingerprint density at radius 3 is 2.04 bits per heavy atom. The number of amides is 1. The van der Waals surface area contributed by atoms with Gasteiger partial charge >= 0.3 is 24.5 Å². The first-order chi connectivity index (χ1) is 22.3. The molecule has 0 atom stereocenters. The van der Waals surface area contributed by atoms with Crippen molar-refractivity contribution in [1.29, 1.82) is 0 Å². The topological polar surface area (TPSA) is 98.3 Å². The van der Waals surface area contributed by atoms with E-state index < -0.39 is 41.5 Å². The number of rotatable bonds is 6. The summed E-state index contributed by atoms with van der Waals surface area (Å²) in [6.07, 6.45) is -10.4. The number of fused-ring (bicyclic) bond motifs is 1. The van der Waals surface area contributed by atoms with E-state index in [0.717, 1.165) is 16.5 Å². The zero-order valence-corrected chi connectivity index (χ0v) is 24.4. The summed E-state index contributed by atoms with van der Waals surface area (Å²) in [5, 5.41) is 10.7. The molecule has 16 heteroatoms. The molecule has 0 bridgehead atoms. The summed E-state index contributed by atoms with van der Waals surface area (Å²) >= 11 is 0. The zero-order chi connectivity index (χ0) is 35.4. The average molecular weight is 683 g/mol. The summed E-state index contributed by atoms with van der Waals surface area (Å²) in [7, 11) is 1.61. The summed E-state index contributed by atoms with van der Waals surface area (Å²) in [6.45, 7) is 0. The molecule has 0 radical (unpaired) electrons. The zero-order valence-electron chi connectivity index (χ0n) is 24.4. The van der Waals surface area contributed by atoms with Gasteiger partial charge in [0.25, 0.3) is 0 Å². The number of carbonyl (C=O) groups excluding carboxylic acids is 1. The van der Waals surface area contributed by atoms with Crippen molar-refractivity contribution >= 4 is 39.8 Å². The molecule has 0 aliphatic carbocycles. The van der Waals surface area contributed by atoms with E-state index in [0.29, 0.717) is 23.5 Å². The maximum Gasteiger partial charge on any atom is 0.490 e. The van der Waals surface area contributed by atoms with Crippen LogP contribution < -0.4 is 10.2 Å². The Labute approximate surface area is 265 Å². The molecule has 3 aromatic carbocycles. The Hall–Kier alpha value is -5.54. The number of aromatic nitrogens is 2. The van der Waals surface area contributed by atoms with Gasteiger partial charge in [0, 0.05) is 47.3 Å². The largest absolute Gasteiger partial charge is 0.490 e. The van der Waals surface area contributed by atoms with Gasteiger partial charge in [0.1, 0.15) is 0 Å². The third kappa shape index (κ3) is 8.63. The van der Waals surface area contributed by atoms with Crippen LogP contribution in [0.4, 0.5) is 56.6 Å². The number of alkyl halides is 9. The van der Waals surface area contributed by atoms with Gasteiger partial charge in [0.05, 0.1) is 29.4 Å². The van der Waals surface area contributed by atoms with Crippen LogP contribution in [0.1, 0.15) is 16.7 Å². The van der Waals surface area contributed by atoms with E-state index in [1.54, 1.807) is 30.3 Å². The molecular formula is C32H23F9N4O3. The van der Waals surface area contributed by atoms with Gasteiger partial charge in [0.15, 0.2) is 0 Å². The molecule has 2 heterocycles. The Morgan fingerprint density at radius 1 is 0.854 bits per heavy atom. The van der Waals surface area contributed by atoms with Crippen LogP contribution in [0.15, 0.2) is 91.4 Å². The van der Waals surface area contributed by atoms with E-state index in [1.165, 1.54) is 30.6 Å². The third-order valence-corrected chi connectivity index (χ3v) is 6.84. The van der Waals surface area contributed by atoms with E-state index in [4.69, 9.17) is 9.90 Å². The Morgan fingerprint density at radius 2 is 1.48 bits per heavy atom. The fourth-order valence-electron chi connectivity index (χ4n) is 4.60. The van der Waals surface area contributed by atoms with Crippen LogP contribution in [-0.2, 0) is 28.4 Å². The molecule has 1 amide bonds. The van der Waals surface area contributed by atoms with E-state index in [9.17, 15) is 44.3 Å². The predicted octanol–water partition coefficient (Wildman–Crippen LogP) is 8.85. The smallest absolute Gasteiger partial charge is 0.475 e. The van der Waals surface area contributed by atoms with Gasteiger partial charge in [-0.25, -0.2) is 4.79 Å². The number of hydrogen-bond acceptors (Lipinski definition) is 4. The molecule has 0 unspecified atom stereocenters. The van der Waals surface area contributed by atoms with Crippen molar-refractivity contribution in [1.82, 2.24) is 9.97 Å². The van der Waals surface area contributed by atoms with Crippen molar-refractivity contribution in [3.63, 3.8) is 0 Å². The molecule has 0 aliphatic rings. The Kier molecular flexibility index (Phi) is 10.1. The first-order valence-corrected chi connectivity index (χ1v) is 13.6. The molecule has 5 aromatic rings. The first kappa shape index (κ1) is 35.3. The molecule has 0 fully saturated rings. The fourth-order valence-corrected chi connectivity index (χ4v) is 4.60. The monoisotopic (exact) mass is 682 g/mol. The number of halogens is 9. The summed E-state index contributed by atoms with van der Waals surface area (Å²) < 4.78 is 114. The summed E-state index contributed by atoms with van der Waals surface area (Å²) in [5.41, 5.74) is -0.489. The van der Waals surface area contributed by atoms with Crippen LogP contribution in [-0.4, -0.2) is 40.2 Å². The normalized spacial score (nSPS) is 11.9. The second kappa shape index (κ2) is 13.7. The maximum absolute atomic E-state index is 13.7. The minimum absolute atomic E-state index is 0.00152. The third-order valence-electron chi connectivity index (χ3n) is 6.84. The highest BCUT2D eigenvalue weighted by atomic mass is 19.4. The molecule has 48 heavy (non-hydrogen) atoms. The molecule has 252 valence electrons. The summed E-state index contributed by atoms with van der Waals surface area (Å²) in [4.78, 5) is 30.6. The first-order valence-electron chi connectivity index (χ1n) is 13.6. The van der Waals surface area contributed by atoms with Crippen molar-refractivity contribution < 1.29 is 54.2 Å². The lowest BCUT2D eigenvalue weighted by Crippen LogP contribution is -2.21. The van der Waals surface area contributed by atoms with Gasteiger partial charge < -0.3 is 20.3 Å². The lowest BCUT2D eigenvalue weighted by atomic mass is 9.96. The second-order valence-electron chi connectivity index (χ2n) is 10.2. The minimum atomic E-state index is -5.08. The standard InChI is InChI=1S/C30H22F6N4O.C2HF3O2/c1-40(23-5-4-10-37-17-23)27-9-8-22(39-28(41)13-19-16-38-26-7-3-2-6-24(19)26)15-25(27)18-11-20(29(31,32)33)14-21(12-18)30(34,35)36;3-2(4,5)1(6)7/h2-12,14-17,38H,13H2,1H3,(H,39,41);(H,6,7). The number of anilines is 3. The lowest BCUT2D eigenvalue weighted by molar-refractivity contribution is -0.192. The molecule has 0 saturated heterocycles. The molecule has 2 aromatic heterocycles. The average Bonchev–Trinajstić information content (AvgIpc) is 3.42. The van der Waals surface area contributed by atoms with Gasteiger partial charge in [-0.1, -0.05) is 18.2 Å². The van der Waals surface area contributed by atoms with Gasteiger partial charge in [-0.15, -0.1) is 0 Å². The number of nitrogens with zero attached hydrogens (tertiary/aromatic N) is 2. The second-order valence-corrected chi connectivity index (χ2v) is 10.2. The summed E-state index contributed by atoms with van der Waals surface area (Å²) in [5.74, 6) is -3.17. The molecule has 0 saturated carbocycles. The number of H-pyrrole nitrogens is 1. The highest BCUT2D eigenvalue weighted by Gasteiger charge is 2.38. The molecule has 0 aliphatic heterocycles. The number of benzene rings is 3. The molecular weight excluding hydrogens is 659 g/mol. The van der Waals surface area contributed by atoms with Crippen LogP contribution >= 0.6 is 0 Å². The number of pyridine rings is 1. The minimum Gasteiger partial charge on any atom is -0.475 e. The number of nitrogens with one attached hydrogen (secondary N) is 2. The lowest BCUT2D eigenvalue weighted by Gasteiger charge is -2.24. The van der Waals surface area contributed by atoms with E-state index in [1.807, 2.05) is 24.3 Å². The quantitative estimate of drug-likeness (QED) is 0.156. The van der Waals surface area contributed by atoms with Crippen LogP contribution in [0.3, 0.4) is 0 Å². The molecule has 7 nitrogen and oxygen atoms in total. The van der Waals surface area contributed by atoms with Crippen molar-refractivity contribution in [2.45, 2.75) is 24.9 Å². The van der Waals surface area contributed by atoms with Crippen molar-refractivity contribution in [3.8, 4) is 11.1 Å².